The van der Waals surface area contributed by atoms with Gasteiger partial charge < -0.3 is 9.47 Å². The topological polar surface area (TPSA) is 67.9 Å². The molecule has 0 radical (unpaired) electrons. The molecule has 1 aliphatic rings. The van der Waals surface area contributed by atoms with Gasteiger partial charge in [0.25, 0.3) is 11.8 Å². The third-order valence-electron chi connectivity index (χ3n) is 5.08. The molecule has 35 heavy (non-hydrogen) atoms. The zero-order valence-corrected chi connectivity index (χ0v) is 21.3. The maximum Gasteiger partial charge on any atom is 0.285 e. The summed E-state index contributed by atoms with van der Waals surface area (Å²) in [6, 6.07) is 19.8. The lowest BCUT2D eigenvalue weighted by Crippen LogP contribution is -2.44. The summed E-state index contributed by atoms with van der Waals surface area (Å²) in [6.45, 7) is 2.44. The first kappa shape index (κ1) is 24.8. The van der Waals surface area contributed by atoms with Gasteiger partial charge in [0.1, 0.15) is 6.61 Å². The van der Waals surface area contributed by atoms with Crippen LogP contribution in [0.4, 0.5) is 0 Å². The summed E-state index contributed by atoms with van der Waals surface area (Å²) in [7, 11) is 1.56. The number of benzene rings is 3. The van der Waals surface area contributed by atoms with Gasteiger partial charge in [-0.3, -0.25) is 15.0 Å². The number of rotatable bonds is 7. The minimum Gasteiger partial charge on any atom is -0.493 e. The number of ether oxygens (including phenoxy) is 2. The zero-order chi connectivity index (χ0) is 24.9. The summed E-state index contributed by atoms with van der Waals surface area (Å²) in [4.78, 5) is 25.8. The van der Waals surface area contributed by atoms with E-state index in [2.05, 4.69) is 11.5 Å². The molecule has 0 aromatic heterocycles. The molecule has 9 heteroatoms. The Kier molecular flexibility index (Phi) is 7.75. The van der Waals surface area contributed by atoms with Crippen LogP contribution in [0.2, 0.25) is 5.02 Å². The van der Waals surface area contributed by atoms with E-state index in [1.54, 1.807) is 49.6 Å². The van der Waals surface area contributed by atoms with Gasteiger partial charge in [-0.25, -0.2) is 0 Å². The lowest BCUT2D eigenvalue weighted by atomic mass is 10.1. The number of thioether (sulfide) groups is 1. The van der Waals surface area contributed by atoms with Crippen LogP contribution in [0.3, 0.4) is 0 Å². The molecule has 0 unspecified atom stereocenters. The molecule has 2 amide bonds. The summed E-state index contributed by atoms with van der Waals surface area (Å²) in [6.07, 6.45) is 1.70. The summed E-state index contributed by atoms with van der Waals surface area (Å²) in [5.41, 5.74) is 5.86. The summed E-state index contributed by atoms with van der Waals surface area (Å²) < 4.78 is 11.7. The summed E-state index contributed by atoms with van der Waals surface area (Å²) in [5.74, 6) is 0.254. The molecule has 3 aromatic rings. The van der Waals surface area contributed by atoms with Crippen molar-refractivity contribution in [2.75, 3.05) is 7.11 Å². The maximum absolute atomic E-state index is 12.9. The Morgan fingerprint density at radius 2 is 1.89 bits per heavy atom. The average Bonchev–Trinajstić information content (AvgIpc) is 3.10. The first-order chi connectivity index (χ1) is 16.8. The van der Waals surface area contributed by atoms with Crippen molar-refractivity contribution in [2.45, 2.75) is 13.5 Å². The van der Waals surface area contributed by atoms with Gasteiger partial charge in [-0.05, 0) is 72.7 Å². The van der Waals surface area contributed by atoms with Gasteiger partial charge in [0, 0.05) is 10.6 Å². The molecule has 0 bridgehead atoms. The number of amides is 2. The summed E-state index contributed by atoms with van der Waals surface area (Å²) >= 11 is 12.3. The van der Waals surface area contributed by atoms with Crippen molar-refractivity contribution in [1.29, 1.82) is 0 Å². The zero-order valence-electron chi connectivity index (χ0n) is 18.9. The largest absolute Gasteiger partial charge is 0.493 e. The fraction of sp³-hybridized carbons (Fsp3) is 0.115. The number of halogens is 1. The van der Waals surface area contributed by atoms with Crippen LogP contribution in [0, 0.1) is 6.92 Å². The highest BCUT2D eigenvalue weighted by Crippen LogP contribution is 2.34. The van der Waals surface area contributed by atoms with Crippen molar-refractivity contribution in [2.24, 2.45) is 0 Å². The molecule has 0 aliphatic carbocycles. The number of carbonyl (C=O) groups is 2. The fourth-order valence-corrected chi connectivity index (χ4v) is 4.64. The number of aryl methyl sites for hydroxylation is 1. The minimum atomic E-state index is -0.462. The Morgan fingerprint density at radius 3 is 2.60 bits per heavy atom. The SMILES string of the molecule is COc1cc(/C=C2/SC(=S)N(NC(=O)c3ccc(Cl)cc3)C2=O)ccc1OCc1cccc(C)c1. The molecule has 1 saturated heterocycles. The van der Waals surface area contributed by atoms with E-state index in [4.69, 9.17) is 33.3 Å². The van der Waals surface area contributed by atoms with Crippen LogP contribution in [-0.2, 0) is 11.4 Å². The molecule has 4 rings (SSSR count). The van der Waals surface area contributed by atoms with Gasteiger partial charge in [0.05, 0.1) is 12.0 Å². The quantitative estimate of drug-likeness (QED) is 0.312. The Balaban J connectivity index is 1.46. The van der Waals surface area contributed by atoms with Crippen LogP contribution in [0.5, 0.6) is 11.5 Å². The number of nitrogens with zero attached hydrogens (tertiary/aromatic N) is 1. The lowest BCUT2D eigenvalue weighted by molar-refractivity contribution is -0.123. The van der Waals surface area contributed by atoms with E-state index in [9.17, 15) is 9.59 Å². The molecular weight excluding hydrogens is 504 g/mol. The third kappa shape index (κ3) is 6.03. The van der Waals surface area contributed by atoms with E-state index in [0.29, 0.717) is 33.6 Å². The Labute approximate surface area is 217 Å². The number of hydrogen-bond donors (Lipinski definition) is 1. The standard InChI is InChI=1S/C26H21ClN2O4S2/c1-16-4-3-5-18(12-16)15-33-21-11-6-17(13-22(21)32-2)14-23-25(31)29(26(34)35-23)28-24(30)19-7-9-20(27)10-8-19/h3-14H,15H2,1-2H3,(H,28,30)/b23-14+. The van der Waals surface area contributed by atoms with E-state index < -0.39 is 11.8 Å². The molecule has 1 fully saturated rings. The predicted molar refractivity (Wildman–Crippen MR) is 142 cm³/mol. The second-order valence-corrected chi connectivity index (χ2v) is 9.77. The second-order valence-electron chi connectivity index (χ2n) is 7.65. The Morgan fingerprint density at radius 1 is 1.11 bits per heavy atom. The van der Waals surface area contributed by atoms with Crippen LogP contribution in [0.15, 0.2) is 71.6 Å². The Hall–Kier alpha value is -3.33. The maximum atomic E-state index is 12.9. The third-order valence-corrected chi connectivity index (χ3v) is 6.63. The molecule has 1 N–H and O–H groups in total. The van der Waals surface area contributed by atoms with E-state index in [1.807, 2.05) is 31.2 Å². The highest BCUT2D eigenvalue weighted by atomic mass is 35.5. The normalized spacial score (nSPS) is 14.4. The van der Waals surface area contributed by atoms with Crippen molar-refractivity contribution in [1.82, 2.24) is 10.4 Å². The molecule has 0 spiro atoms. The lowest BCUT2D eigenvalue weighted by Gasteiger charge is -2.15. The second kappa shape index (κ2) is 10.9. The highest BCUT2D eigenvalue weighted by molar-refractivity contribution is 8.26. The van der Waals surface area contributed by atoms with E-state index in [1.165, 1.54) is 0 Å². The van der Waals surface area contributed by atoms with Gasteiger partial charge in [0.2, 0.25) is 0 Å². The molecule has 0 saturated carbocycles. The number of carbonyl (C=O) groups excluding carboxylic acids is 2. The highest BCUT2D eigenvalue weighted by Gasteiger charge is 2.33. The van der Waals surface area contributed by atoms with Gasteiger partial charge in [-0.2, -0.15) is 5.01 Å². The fourth-order valence-electron chi connectivity index (χ4n) is 3.34. The first-order valence-electron chi connectivity index (χ1n) is 10.5. The average molecular weight is 525 g/mol. The molecular formula is C26H21ClN2O4S2. The van der Waals surface area contributed by atoms with E-state index in [0.717, 1.165) is 33.5 Å². The molecule has 1 aliphatic heterocycles. The van der Waals surface area contributed by atoms with E-state index in [-0.39, 0.29) is 4.32 Å². The number of nitrogens with one attached hydrogen (secondary N) is 1. The molecule has 0 atom stereocenters. The molecule has 3 aromatic carbocycles. The van der Waals surface area contributed by atoms with Crippen LogP contribution in [0.1, 0.15) is 27.0 Å². The molecule has 6 nitrogen and oxygen atoms in total. The van der Waals surface area contributed by atoms with Crippen molar-refractivity contribution in [3.8, 4) is 11.5 Å². The Bertz CT molecular complexity index is 1330. The van der Waals surface area contributed by atoms with Gasteiger partial charge >= 0.3 is 0 Å². The minimum absolute atomic E-state index is 0.230. The summed E-state index contributed by atoms with van der Waals surface area (Å²) in [5, 5.41) is 1.58. The number of hydrazine groups is 1. The van der Waals surface area contributed by atoms with Crippen molar-refractivity contribution in [3.05, 3.63) is 98.9 Å². The predicted octanol–water partition coefficient (Wildman–Crippen LogP) is 5.78. The van der Waals surface area contributed by atoms with Gasteiger partial charge in [0.15, 0.2) is 15.8 Å². The van der Waals surface area contributed by atoms with Crippen molar-refractivity contribution in [3.63, 3.8) is 0 Å². The first-order valence-corrected chi connectivity index (χ1v) is 12.1. The number of thiocarbonyl (C=S) groups is 1. The number of hydrogen-bond acceptors (Lipinski definition) is 6. The van der Waals surface area contributed by atoms with Crippen LogP contribution >= 0.6 is 35.6 Å². The van der Waals surface area contributed by atoms with Crippen LogP contribution in [-0.4, -0.2) is 28.3 Å². The molecule has 178 valence electrons. The smallest absolute Gasteiger partial charge is 0.285 e. The van der Waals surface area contributed by atoms with Crippen molar-refractivity contribution < 1.29 is 19.1 Å². The van der Waals surface area contributed by atoms with Crippen molar-refractivity contribution >= 4 is 57.8 Å². The van der Waals surface area contributed by atoms with Crippen LogP contribution in [0.25, 0.3) is 6.08 Å². The van der Waals surface area contributed by atoms with Crippen LogP contribution < -0.4 is 14.9 Å². The monoisotopic (exact) mass is 524 g/mol. The van der Waals surface area contributed by atoms with E-state index >= 15 is 0 Å². The van der Waals surface area contributed by atoms with Gasteiger partial charge in [-0.1, -0.05) is 59.3 Å². The van der Waals surface area contributed by atoms with Gasteiger partial charge in [-0.15, -0.1) is 0 Å². The number of methoxy groups -OCH3 is 1. The molecule has 1 heterocycles.